The van der Waals surface area contributed by atoms with Crippen LogP contribution >= 0.6 is 22.7 Å². The van der Waals surface area contributed by atoms with Crippen LogP contribution < -0.4 is 5.32 Å². The number of anilines is 1. The van der Waals surface area contributed by atoms with Gasteiger partial charge in [-0.1, -0.05) is 6.08 Å². The van der Waals surface area contributed by atoms with Gasteiger partial charge in [-0.2, -0.15) is 0 Å². The molecule has 25 heavy (non-hydrogen) atoms. The number of thiophene rings is 1. The first-order valence-corrected chi connectivity index (χ1v) is 10.5. The smallest absolute Gasteiger partial charge is 0.221 e. The van der Waals surface area contributed by atoms with E-state index in [1.165, 1.54) is 20.9 Å². The molecule has 0 saturated carbocycles. The molecule has 0 atom stereocenters. The van der Waals surface area contributed by atoms with Gasteiger partial charge in [0.1, 0.15) is 10.0 Å². The summed E-state index contributed by atoms with van der Waals surface area (Å²) in [5.74, 6) is -0.0122. The van der Waals surface area contributed by atoms with Crippen LogP contribution in [0, 0.1) is 0 Å². The number of hydrogen-bond donors (Lipinski definition) is 1. The van der Waals surface area contributed by atoms with Crippen molar-refractivity contribution in [2.24, 2.45) is 0 Å². The summed E-state index contributed by atoms with van der Waals surface area (Å²) in [5, 5.41) is 5.10. The highest BCUT2D eigenvalue weighted by molar-refractivity contribution is 7.19. The number of carbonyl (C=O) groups excluding carboxylic acids is 1. The van der Waals surface area contributed by atoms with Crippen LogP contribution in [0.15, 0.2) is 6.08 Å². The molecule has 0 spiro atoms. The highest BCUT2D eigenvalue weighted by atomic mass is 32.1. The van der Waals surface area contributed by atoms with Crippen LogP contribution in [0.2, 0.25) is 0 Å². The third-order valence-electron chi connectivity index (χ3n) is 4.86. The molecule has 2 aliphatic rings. The summed E-state index contributed by atoms with van der Waals surface area (Å²) >= 11 is 3.52. The van der Waals surface area contributed by atoms with E-state index in [9.17, 15) is 4.79 Å². The molecule has 4 rings (SSSR count). The minimum Gasteiger partial charge on any atom is -0.317 e. The van der Waals surface area contributed by atoms with E-state index >= 15 is 0 Å². The molecule has 0 radical (unpaired) electrons. The van der Waals surface area contributed by atoms with Crippen molar-refractivity contribution in [2.75, 3.05) is 11.9 Å². The molecule has 0 saturated heterocycles. The van der Waals surface area contributed by atoms with Crippen molar-refractivity contribution in [3.05, 3.63) is 27.1 Å². The van der Waals surface area contributed by atoms with Crippen LogP contribution in [0.1, 0.15) is 48.2 Å². The van der Waals surface area contributed by atoms with Gasteiger partial charge in [0.2, 0.25) is 5.91 Å². The summed E-state index contributed by atoms with van der Waals surface area (Å²) in [5.41, 5.74) is 3.67. The molecular weight excluding hydrogens is 350 g/mol. The first kappa shape index (κ1) is 16.9. The molecule has 0 bridgehead atoms. The largest absolute Gasteiger partial charge is 0.317 e. The van der Waals surface area contributed by atoms with E-state index in [0.717, 1.165) is 48.1 Å². The number of fused-ring (bicyclic) bond motifs is 2. The van der Waals surface area contributed by atoms with E-state index in [-0.39, 0.29) is 5.91 Å². The third-order valence-corrected chi connectivity index (χ3v) is 7.14. The van der Waals surface area contributed by atoms with Crippen molar-refractivity contribution in [1.82, 2.24) is 9.88 Å². The Labute approximate surface area is 156 Å². The molecule has 6 heteroatoms. The Morgan fingerprint density at radius 3 is 2.84 bits per heavy atom. The summed E-state index contributed by atoms with van der Waals surface area (Å²) in [4.78, 5) is 21.9. The van der Waals surface area contributed by atoms with Crippen molar-refractivity contribution in [1.29, 1.82) is 0 Å². The van der Waals surface area contributed by atoms with Crippen LogP contribution in [-0.2, 0) is 24.2 Å². The zero-order valence-corrected chi connectivity index (χ0v) is 16.5. The molecule has 1 aliphatic heterocycles. The quantitative estimate of drug-likeness (QED) is 0.858. The second-order valence-electron chi connectivity index (χ2n) is 6.97. The predicted molar refractivity (Wildman–Crippen MR) is 106 cm³/mol. The minimum atomic E-state index is -0.0122. The Hall–Kier alpha value is -1.50. The summed E-state index contributed by atoms with van der Waals surface area (Å²) in [6.45, 7) is 8.11. The number of carbonyl (C=O) groups is 1. The Balaban J connectivity index is 1.79. The Kier molecular flexibility index (Phi) is 4.52. The van der Waals surface area contributed by atoms with Crippen molar-refractivity contribution in [2.45, 2.75) is 52.6 Å². The first-order chi connectivity index (χ1) is 12.0. The Morgan fingerprint density at radius 2 is 2.12 bits per heavy atom. The molecule has 0 unspecified atom stereocenters. The molecule has 1 aliphatic carbocycles. The van der Waals surface area contributed by atoms with Crippen LogP contribution in [0.3, 0.4) is 0 Å². The minimum absolute atomic E-state index is 0.0122. The van der Waals surface area contributed by atoms with Crippen LogP contribution in [0.25, 0.3) is 16.6 Å². The predicted octanol–water partition coefficient (Wildman–Crippen LogP) is 4.56. The summed E-state index contributed by atoms with van der Waals surface area (Å²) in [7, 11) is 0. The van der Waals surface area contributed by atoms with Gasteiger partial charge in [0, 0.05) is 41.4 Å². The standard InChI is InChI=1S/C19H23N3OS2/c1-11(2)22-9-8-13-16(10-22)25-18(20-12(3)23)17(13)19-21-14-6-4-5-7-15(14)24-19/h4,6,11H,5,7-10H2,1-3H3,(H,20,23). The zero-order chi connectivity index (χ0) is 17.6. The van der Waals surface area contributed by atoms with E-state index in [4.69, 9.17) is 4.98 Å². The van der Waals surface area contributed by atoms with Crippen LogP contribution in [-0.4, -0.2) is 28.4 Å². The molecule has 3 heterocycles. The molecule has 1 N–H and O–H groups in total. The topological polar surface area (TPSA) is 45.2 Å². The fourth-order valence-corrected chi connectivity index (χ4v) is 6.06. The maximum Gasteiger partial charge on any atom is 0.221 e. The molecule has 4 nitrogen and oxygen atoms in total. The zero-order valence-electron chi connectivity index (χ0n) is 14.9. The van der Waals surface area contributed by atoms with Gasteiger partial charge in [0.15, 0.2) is 0 Å². The number of nitrogens with one attached hydrogen (secondary N) is 1. The van der Waals surface area contributed by atoms with Crippen molar-refractivity contribution in [3.63, 3.8) is 0 Å². The third kappa shape index (κ3) is 3.18. The van der Waals surface area contributed by atoms with Gasteiger partial charge < -0.3 is 5.32 Å². The van der Waals surface area contributed by atoms with Crippen molar-refractivity contribution >= 4 is 39.7 Å². The fourth-order valence-electron chi connectivity index (χ4n) is 3.53. The van der Waals surface area contributed by atoms with E-state index in [1.807, 2.05) is 0 Å². The SMILES string of the molecule is CC(=O)Nc1sc2c(c1-c1nc3c(s1)CCC=C3)CCN(C(C)C)C2. The van der Waals surface area contributed by atoms with Gasteiger partial charge in [-0.25, -0.2) is 4.98 Å². The second kappa shape index (κ2) is 6.67. The molecule has 1 amide bonds. The normalized spacial score (nSPS) is 16.8. The second-order valence-corrected chi connectivity index (χ2v) is 9.16. The van der Waals surface area contributed by atoms with E-state index < -0.39 is 0 Å². The first-order valence-electron chi connectivity index (χ1n) is 8.85. The van der Waals surface area contributed by atoms with Gasteiger partial charge in [-0.3, -0.25) is 9.69 Å². The molecule has 2 aromatic rings. The van der Waals surface area contributed by atoms with Crippen LogP contribution in [0.5, 0.6) is 0 Å². The number of rotatable bonds is 3. The Bertz CT molecular complexity index is 847. The highest BCUT2D eigenvalue weighted by Gasteiger charge is 2.28. The maximum absolute atomic E-state index is 11.7. The van der Waals surface area contributed by atoms with E-state index in [2.05, 4.69) is 36.2 Å². The van der Waals surface area contributed by atoms with Gasteiger partial charge in [0.25, 0.3) is 0 Å². The average Bonchev–Trinajstić information content (AvgIpc) is 3.13. The van der Waals surface area contributed by atoms with Crippen molar-refractivity contribution in [3.8, 4) is 10.6 Å². The number of amides is 1. The summed E-state index contributed by atoms with van der Waals surface area (Å²) in [6.07, 6.45) is 7.53. The average molecular weight is 374 g/mol. The fraction of sp³-hybridized carbons (Fsp3) is 0.474. The molecular formula is C19H23N3OS2. The lowest BCUT2D eigenvalue weighted by Crippen LogP contribution is -2.35. The molecule has 0 fully saturated rings. The number of aromatic nitrogens is 1. The number of nitrogens with zero attached hydrogens (tertiary/aromatic N) is 2. The molecule has 2 aromatic heterocycles. The number of aryl methyl sites for hydroxylation is 1. The van der Waals surface area contributed by atoms with E-state index in [0.29, 0.717) is 6.04 Å². The molecule has 0 aromatic carbocycles. The summed E-state index contributed by atoms with van der Waals surface area (Å²) < 4.78 is 0. The number of thiazole rings is 1. The van der Waals surface area contributed by atoms with Gasteiger partial charge in [-0.05, 0) is 44.7 Å². The lowest BCUT2D eigenvalue weighted by Gasteiger charge is -2.30. The van der Waals surface area contributed by atoms with Gasteiger partial charge in [0.05, 0.1) is 5.69 Å². The van der Waals surface area contributed by atoms with Crippen LogP contribution in [0.4, 0.5) is 5.00 Å². The lowest BCUT2D eigenvalue weighted by atomic mass is 10.0. The Morgan fingerprint density at radius 1 is 1.28 bits per heavy atom. The van der Waals surface area contributed by atoms with E-state index in [1.54, 1.807) is 29.6 Å². The summed E-state index contributed by atoms with van der Waals surface area (Å²) in [6, 6.07) is 0.542. The monoisotopic (exact) mass is 373 g/mol. The number of allylic oxidation sites excluding steroid dienone is 1. The van der Waals surface area contributed by atoms with Gasteiger partial charge >= 0.3 is 0 Å². The van der Waals surface area contributed by atoms with Gasteiger partial charge in [-0.15, -0.1) is 22.7 Å². The highest BCUT2D eigenvalue weighted by Crippen LogP contribution is 2.46. The maximum atomic E-state index is 11.7. The molecule has 132 valence electrons. The van der Waals surface area contributed by atoms with Crippen molar-refractivity contribution < 1.29 is 4.79 Å². The lowest BCUT2D eigenvalue weighted by molar-refractivity contribution is -0.114. The number of hydrogen-bond acceptors (Lipinski definition) is 5.